The van der Waals surface area contributed by atoms with Gasteiger partial charge in [0.15, 0.2) is 23.3 Å². The maximum atomic E-state index is 13.3. The molecule has 0 unspecified atom stereocenters. The lowest BCUT2D eigenvalue weighted by atomic mass is 10.1. The summed E-state index contributed by atoms with van der Waals surface area (Å²) < 4.78 is 53.1. The Bertz CT molecular complexity index is 535. The lowest BCUT2D eigenvalue weighted by Gasteiger charge is -2.06. The fourth-order valence-electron chi connectivity index (χ4n) is 1.20. The molecule has 0 spiro atoms. The average Bonchev–Trinajstić information content (AvgIpc) is 2.32. The molecule has 0 saturated carbocycles. The molecule has 0 amide bonds. The second-order valence-electron chi connectivity index (χ2n) is 2.95. The molecule has 0 saturated heterocycles. The van der Waals surface area contributed by atoms with Crippen molar-refractivity contribution in [3.8, 4) is 12.1 Å². The first-order valence-electron chi connectivity index (χ1n) is 4.32. The van der Waals surface area contributed by atoms with Crippen molar-refractivity contribution in [1.29, 1.82) is 10.5 Å². The van der Waals surface area contributed by atoms with Gasteiger partial charge in [0.2, 0.25) is 0 Å². The predicted molar refractivity (Wildman–Crippen MR) is 50.2 cm³/mol. The quantitative estimate of drug-likeness (QED) is 0.453. The number of halogens is 4. The van der Waals surface area contributed by atoms with Crippen molar-refractivity contribution in [2.75, 3.05) is 0 Å². The largest absolute Gasteiger partial charge is 0.203 e. The highest BCUT2D eigenvalue weighted by atomic mass is 19.2. The topological polar surface area (TPSA) is 47.6 Å². The summed E-state index contributed by atoms with van der Waals surface area (Å²) in [5.74, 6) is -6.49. The van der Waals surface area contributed by atoms with E-state index in [0.717, 1.165) is 0 Å². The second kappa shape index (κ2) is 5.13. The van der Waals surface area contributed by atoms with Gasteiger partial charge in [-0.1, -0.05) is 0 Å². The van der Waals surface area contributed by atoms with Gasteiger partial charge in [-0.2, -0.15) is 10.5 Å². The molecular weight excluding hydrogens is 236 g/mol. The van der Waals surface area contributed by atoms with Crippen LogP contribution >= 0.6 is 0 Å². The summed E-state index contributed by atoms with van der Waals surface area (Å²) in [7, 11) is 0. The highest BCUT2D eigenvalue weighted by Crippen LogP contribution is 2.25. The van der Waals surface area contributed by atoms with Gasteiger partial charge in [0.05, 0.1) is 24.1 Å². The average molecular weight is 240 g/mol. The number of rotatable bonds is 2. The van der Waals surface area contributed by atoms with Gasteiger partial charge < -0.3 is 0 Å². The number of nitrogens with zero attached hydrogens (tertiary/aromatic N) is 2. The van der Waals surface area contributed by atoms with Gasteiger partial charge in [-0.3, -0.25) is 0 Å². The molecule has 0 aliphatic rings. The summed E-state index contributed by atoms with van der Waals surface area (Å²) >= 11 is 0. The molecule has 0 aromatic heterocycles. The first-order valence-corrected chi connectivity index (χ1v) is 4.32. The van der Waals surface area contributed by atoms with Crippen LogP contribution in [-0.4, -0.2) is 0 Å². The van der Waals surface area contributed by atoms with E-state index in [2.05, 4.69) is 0 Å². The summed E-state index contributed by atoms with van der Waals surface area (Å²) in [6.45, 7) is 0. The van der Waals surface area contributed by atoms with E-state index in [1.807, 2.05) is 0 Å². The van der Waals surface area contributed by atoms with E-state index in [0.29, 0.717) is 12.2 Å². The molecule has 0 fully saturated rings. The maximum Gasteiger partial charge on any atom is 0.169 e. The van der Waals surface area contributed by atoms with Crippen molar-refractivity contribution < 1.29 is 17.6 Å². The van der Waals surface area contributed by atoms with Crippen LogP contribution in [0.25, 0.3) is 6.08 Å². The highest BCUT2D eigenvalue weighted by molar-refractivity contribution is 5.54. The molecule has 1 aromatic rings. The smallest absolute Gasteiger partial charge is 0.169 e. The molecule has 0 heterocycles. The first kappa shape index (κ1) is 12.7. The van der Waals surface area contributed by atoms with Gasteiger partial charge in [0.25, 0.3) is 0 Å². The fourth-order valence-corrected chi connectivity index (χ4v) is 1.20. The summed E-state index contributed by atoms with van der Waals surface area (Å²) in [4.78, 5) is 0. The Labute approximate surface area is 94.0 Å². The molecule has 0 aliphatic heterocycles. The monoisotopic (exact) mass is 240 g/mol. The van der Waals surface area contributed by atoms with Crippen molar-refractivity contribution in [2.24, 2.45) is 0 Å². The highest BCUT2D eigenvalue weighted by Gasteiger charge is 2.23. The van der Waals surface area contributed by atoms with E-state index >= 15 is 0 Å². The van der Waals surface area contributed by atoms with Crippen molar-refractivity contribution in [1.82, 2.24) is 0 Å². The number of allylic oxidation sites excluding steroid dienone is 1. The zero-order valence-corrected chi connectivity index (χ0v) is 8.27. The molecule has 1 aromatic carbocycles. The minimum atomic E-state index is -1.62. The SMILES string of the molecule is N#CC=Cc1c(F)c(F)c(CC#N)c(F)c1F. The third-order valence-electron chi connectivity index (χ3n) is 1.97. The normalized spacial score (nSPS) is 10.2. The molecule has 6 heteroatoms. The maximum absolute atomic E-state index is 13.3. The Morgan fingerprint density at radius 2 is 1.47 bits per heavy atom. The van der Waals surface area contributed by atoms with E-state index in [1.54, 1.807) is 0 Å². The van der Waals surface area contributed by atoms with Crippen LogP contribution in [0, 0.1) is 45.9 Å². The number of benzene rings is 1. The molecule has 1 rings (SSSR count). The molecule has 86 valence electrons. The molecule has 0 N–H and O–H groups in total. The Kier molecular flexibility index (Phi) is 3.84. The Balaban J connectivity index is 3.54. The molecule has 0 bridgehead atoms. The minimum Gasteiger partial charge on any atom is -0.203 e. The van der Waals surface area contributed by atoms with E-state index in [4.69, 9.17) is 10.5 Å². The Morgan fingerprint density at radius 1 is 0.941 bits per heavy atom. The molecular formula is C11H4F4N2. The standard InChI is InChI=1S/C11H4F4N2/c12-8-6(2-1-4-16)9(13)11(15)7(3-5-17)10(8)14/h1-2H,3H2. The van der Waals surface area contributed by atoms with Gasteiger partial charge in [-0.25, -0.2) is 17.6 Å². The van der Waals surface area contributed by atoms with Crippen LogP contribution in [0.3, 0.4) is 0 Å². The van der Waals surface area contributed by atoms with Crippen molar-refractivity contribution in [3.63, 3.8) is 0 Å². The van der Waals surface area contributed by atoms with Crippen LogP contribution in [0.2, 0.25) is 0 Å². The Hall–Kier alpha value is -2.34. The van der Waals surface area contributed by atoms with Crippen molar-refractivity contribution >= 4 is 6.08 Å². The van der Waals surface area contributed by atoms with Crippen molar-refractivity contribution in [2.45, 2.75) is 6.42 Å². The Morgan fingerprint density at radius 3 is 1.88 bits per heavy atom. The third-order valence-corrected chi connectivity index (χ3v) is 1.97. The lowest BCUT2D eigenvalue weighted by molar-refractivity contribution is 0.440. The van der Waals surface area contributed by atoms with Crippen LogP contribution in [0.15, 0.2) is 6.08 Å². The van der Waals surface area contributed by atoms with Crippen molar-refractivity contribution in [3.05, 3.63) is 40.5 Å². The van der Waals surface area contributed by atoms with E-state index < -0.39 is 40.8 Å². The van der Waals surface area contributed by atoms with E-state index in [1.165, 1.54) is 12.1 Å². The second-order valence-corrected chi connectivity index (χ2v) is 2.95. The van der Waals surface area contributed by atoms with Crippen LogP contribution in [0.1, 0.15) is 11.1 Å². The molecule has 0 aliphatic carbocycles. The van der Waals surface area contributed by atoms with E-state index in [9.17, 15) is 17.6 Å². The van der Waals surface area contributed by atoms with E-state index in [-0.39, 0.29) is 0 Å². The number of hydrogen-bond donors (Lipinski definition) is 0. The third kappa shape index (κ3) is 2.26. The summed E-state index contributed by atoms with van der Waals surface area (Å²) in [6, 6.07) is 2.84. The zero-order valence-electron chi connectivity index (χ0n) is 8.27. The first-order chi connectivity index (χ1) is 8.04. The predicted octanol–water partition coefficient (Wildman–Crippen LogP) is 2.85. The van der Waals surface area contributed by atoms with Crippen LogP contribution < -0.4 is 0 Å². The molecule has 0 radical (unpaired) electrons. The van der Waals surface area contributed by atoms with Crippen LogP contribution in [-0.2, 0) is 6.42 Å². The molecule has 17 heavy (non-hydrogen) atoms. The minimum absolute atomic E-state index is 0.618. The zero-order chi connectivity index (χ0) is 13.0. The van der Waals surface area contributed by atoms with Gasteiger partial charge >= 0.3 is 0 Å². The summed E-state index contributed by atoms with van der Waals surface area (Å²) in [6.07, 6.45) is 0.519. The van der Waals surface area contributed by atoms with Crippen LogP contribution in [0.4, 0.5) is 17.6 Å². The van der Waals surface area contributed by atoms with Gasteiger partial charge in [-0.15, -0.1) is 0 Å². The van der Waals surface area contributed by atoms with Gasteiger partial charge in [0, 0.05) is 11.6 Å². The summed E-state index contributed by atoms with van der Waals surface area (Å²) in [5.41, 5.74) is -1.94. The fraction of sp³-hybridized carbons (Fsp3) is 0.0909. The molecule has 0 atom stereocenters. The summed E-state index contributed by atoms with van der Waals surface area (Å²) in [5, 5.41) is 16.5. The lowest BCUT2D eigenvalue weighted by Crippen LogP contribution is -2.05. The van der Waals surface area contributed by atoms with Gasteiger partial charge in [-0.05, 0) is 6.08 Å². The van der Waals surface area contributed by atoms with Gasteiger partial charge in [0.1, 0.15) is 0 Å². The number of nitriles is 2. The number of hydrogen-bond acceptors (Lipinski definition) is 2. The van der Waals surface area contributed by atoms with Crippen LogP contribution in [0.5, 0.6) is 0 Å². The molecule has 2 nitrogen and oxygen atoms in total.